The number of hydrogen-bond donors (Lipinski definition) is 0. The highest BCUT2D eigenvalue weighted by Gasteiger charge is 2.26. The van der Waals surface area contributed by atoms with Crippen LogP contribution in [0.15, 0.2) is 36.4 Å². The van der Waals surface area contributed by atoms with E-state index in [0.29, 0.717) is 40.4 Å². The summed E-state index contributed by atoms with van der Waals surface area (Å²) in [5.41, 5.74) is 0.707. The molecule has 0 bridgehead atoms. The molecule has 186 valence electrons. The quantitative estimate of drug-likeness (QED) is 0.318. The Morgan fingerprint density at radius 1 is 0.853 bits per heavy atom. The van der Waals surface area contributed by atoms with Crippen LogP contribution in [-0.2, 0) is 0 Å². The number of unbranched alkanes of at least 4 members (excludes halogenated alkanes) is 3. The number of carbonyl (C=O) groups is 1. The maximum atomic E-state index is 13.5. The van der Waals surface area contributed by atoms with E-state index in [0.717, 1.165) is 25.8 Å². The maximum Gasteiger partial charge on any atom is 0.254 e. The minimum atomic E-state index is 0.128. The molecule has 1 amide bonds. The van der Waals surface area contributed by atoms with Gasteiger partial charge in [0.2, 0.25) is 5.75 Å². The molecule has 0 heterocycles. The van der Waals surface area contributed by atoms with Gasteiger partial charge in [-0.1, -0.05) is 45.4 Å². The van der Waals surface area contributed by atoms with Crippen LogP contribution in [0.5, 0.6) is 28.7 Å². The molecule has 1 fully saturated rings. The first kappa shape index (κ1) is 25.7. The molecule has 0 spiro atoms. The van der Waals surface area contributed by atoms with Gasteiger partial charge in [-0.05, 0) is 43.5 Å². The van der Waals surface area contributed by atoms with Gasteiger partial charge in [0.1, 0.15) is 11.5 Å². The van der Waals surface area contributed by atoms with Crippen LogP contribution in [0.3, 0.4) is 0 Å². The van der Waals surface area contributed by atoms with Crippen LogP contribution in [0.4, 0.5) is 0 Å². The number of amides is 1. The largest absolute Gasteiger partial charge is 0.493 e. The third kappa shape index (κ3) is 6.58. The van der Waals surface area contributed by atoms with Crippen molar-refractivity contribution in [1.29, 1.82) is 0 Å². The molecule has 2 aromatic carbocycles. The summed E-state index contributed by atoms with van der Waals surface area (Å²) in [4.78, 5) is 15.6. The summed E-state index contributed by atoms with van der Waals surface area (Å²) >= 11 is 0. The van der Waals surface area contributed by atoms with E-state index in [1.54, 1.807) is 33.5 Å². The lowest BCUT2D eigenvalue weighted by Gasteiger charge is -2.34. The second-order valence-corrected chi connectivity index (χ2v) is 8.84. The molecular weight excluding hydrogens is 430 g/mol. The monoisotopic (exact) mass is 469 g/mol. The number of benzene rings is 2. The average Bonchev–Trinajstić information content (AvgIpc) is 2.88. The van der Waals surface area contributed by atoms with Gasteiger partial charge in [-0.2, -0.15) is 0 Å². The third-order valence-electron chi connectivity index (χ3n) is 6.50. The molecule has 0 unspecified atom stereocenters. The fourth-order valence-electron chi connectivity index (χ4n) is 4.63. The molecule has 6 nitrogen and oxygen atoms in total. The molecule has 34 heavy (non-hydrogen) atoms. The summed E-state index contributed by atoms with van der Waals surface area (Å²) in [6, 6.07) is 11.3. The predicted molar refractivity (Wildman–Crippen MR) is 135 cm³/mol. The molecule has 0 aliphatic heterocycles. The van der Waals surface area contributed by atoms with Gasteiger partial charge < -0.3 is 23.8 Å². The van der Waals surface area contributed by atoms with Crippen LogP contribution < -0.4 is 18.9 Å². The van der Waals surface area contributed by atoms with E-state index in [4.69, 9.17) is 18.9 Å². The Kier molecular flexibility index (Phi) is 9.92. The van der Waals surface area contributed by atoms with E-state index in [1.807, 2.05) is 24.3 Å². The molecule has 3 rings (SSSR count). The number of methoxy groups -OCH3 is 3. The third-order valence-corrected chi connectivity index (χ3v) is 6.50. The molecule has 1 saturated carbocycles. The molecule has 0 atom stereocenters. The van der Waals surface area contributed by atoms with Crippen LogP contribution in [0.2, 0.25) is 0 Å². The van der Waals surface area contributed by atoms with Gasteiger partial charge in [-0.15, -0.1) is 0 Å². The first-order chi connectivity index (χ1) is 16.6. The van der Waals surface area contributed by atoms with Crippen molar-refractivity contribution in [1.82, 2.24) is 4.90 Å². The van der Waals surface area contributed by atoms with E-state index in [2.05, 4.69) is 11.8 Å². The molecule has 2 aromatic rings. The van der Waals surface area contributed by atoms with Gasteiger partial charge in [0.25, 0.3) is 5.91 Å². The summed E-state index contributed by atoms with van der Waals surface area (Å²) in [5.74, 6) is 2.89. The molecule has 1 aliphatic rings. The zero-order valence-corrected chi connectivity index (χ0v) is 21.1. The normalized spacial score (nSPS) is 13.9. The van der Waals surface area contributed by atoms with Crippen LogP contribution in [0, 0.1) is 0 Å². The van der Waals surface area contributed by atoms with Crippen molar-refractivity contribution in [2.75, 3.05) is 27.9 Å². The number of carbonyl (C=O) groups excluding carboxylic acids is 1. The smallest absolute Gasteiger partial charge is 0.254 e. The first-order valence-electron chi connectivity index (χ1n) is 12.5. The average molecular weight is 470 g/mol. The van der Waals surface area contributed by atoms with E-state index >= 15 is 0 Å². The topological polar surface area (TPSA) is 57.2 Å². The molecule has 6 heteroatoms. The summed E-state index contributed by atoms with van der Waals surface area (Å²) < 4.78 is 22.2. The number of nitrogens with zero attached hydrogens (tertiary/aromatic N) is 1. The van der Waals surface area contributed by atoms with Gasteiger partial charge in [-0.25, -0.2) is 0 Å². The lowest BCUT2D eigenvalue weighted by Crippen LogP contribution is -2.42. The van der Waals surface area contributed by atoms with Crippen molar-refractivity contribution in [2.24, 2.45) is 0 Å². The van der Waals surface area contributed by atoms with Crippen LogP contribution in [0.25, 0.3) is 0 Å². The Bertz CT molecular complexity index is 881. The van der Waals surface area contributed by atoms with Crippen molar-refractivity contribution in [3.05, 3.63) is 42.0 Å². The highest BCUT2D eigenvalue weighted by molar-refractivity contribution is 5.94. The van der Waals surface area contributed by atoms with E-state index < -0.39 is 0 Å². The number of hydrogen-bond acceptors (Lipinski definition) is 5. The van der Waals surface area contributed by atoms with Crippen LogP contribution in [-0.4, -0.2) is 44.7 Å². The van der Waals surface area contributed by atoms with Gasteiger partial charge in [0.15, 0.2) is 11.5 Å². The molecule has 0 N–H and O–H groups in total. The Morgan fingerprint density at radius 3 is 2.06 bits per heavy atom. The van der Waals surface area contributed by atoms with Crippen molar-refractivity contribution >= 4 is 5.91 Å². The summed E-state index contributed by atoms with van der Waals surface area (Å²) in [6.45, 7) is 3.05. The minimum absolute atomic E-state index is 0.128. The zero-order valence-electron chi connectivity index (χ0n) is 21.1. The molecule has 0 aromatic heterocycles. The van der Waals surface area contributed by atoms with Crippen LogP contribution in [0.1, 0.15) is 75.1 Å². The van der Waals surface area contributed by atoms with Crippen LogP contribution >= 0.6 is 0 Å². The minimum Gasteiger partial charge on any atom is -0.493 e. The Morgan fingerprint density at radius 2 is 1.50 bits per heavy atom. The summed E-state index contributed by atoms with van der Waals surface area (Å²) in [5, 5.41) is 0. The fraction of sp³-hybridized carbons (Fsp3) is 0.536. The molecular formula is C28H39NO5. The van der Waals surface area contributed by atoms with Gasteiger partial charge in [-0.3, -0.25) is 4.79 Å². The Balaban J connectivity index is 1.73. The van der Waals surface area contributed by atoms with Crippen molar-refractivity contribution in [2.45, 2.75) is 70.8 Å². The zero-order chi connectivity index (χ0) is 24.3. The lowest BCUT2D eigenvalue weighted by atomic mass is 9.93. The van der Waals surface area contributed by atoms with Crippen molar-refractivity contribution < 1.29 is 23.7 Å². The standard InChI is InChI=1S/C28H39NO5/c1-5-6-7-11-18-29(22-12-9-8-10-13-22)28(30)21-14-16-23(17-15-21)34-24-19-25(31-2)27(33-4)26(20-24)32-3/h14-17,19-20,22H,5-13,18H2,1-4H3. The predicted octanol–water partition coefficient (Wildman–Crippen LogP) is 6.86. The number of rotatable bonds is 12. The van der Waals surface area contributed by atoms with E-state index in [-0.39, 0.29) is 5.91 Å². The van der Waals surface area contributed by atoms with Crippen molar-refractivity contribution in [3.63, 3.8) is 0 Å². The van der Waals surface area contributed by atoms with Gasteiger partial charge >= 0.3 is 0 Å². The second-order valence-electron chi connectivity index (χ2n) is 8.84. The van der Waals surface area contributed by atoms with E-state index in [9.17, 15) is 4.79 Å². The summed E-state index contributed by atoms with van der Waals surface area (Å²) in [6.07, 6.45) is 10.6. The Labute approximate surface area is 204 Å². The Hall–Kier alpha value is -2.89. The van der Waals surface area contributed by atoms with Gasteiger partial charge in [0.05, 0.1) is 21.3 Å². The SMILES string of the molecule is CCCCCCN(C(=O)c1ccc(Oc2cc(OC)c(OC)c(OC)c2)cc1)C1CCCCC1. The molecule has 0 saturated heterocycles. The second kappa shape index (κ2) is 13.1. The number of ether oxygens (including phenoxy) is 4. The highest BCUT2D eigenvalue weighted by atomic mass is 16.5. The van der Waals surface area contributed by atoms with Crippen molar-refractivity contribution in [3.8, 4) is 28.7 Å². The fourth-order valence-corrected chi connectivity index (χ4v) is 4.63. The lowest BCUT2D eigenvalue weighted by molar-refractivity contribution is 0.0629. The first-order valence-corrected chi connectivity index (χ1v) is 12.5. The highest BCUT2D eigenvalue weighted by Crippen LogP contribution is 2.42. The molecule has 0 radical (unpaired) electrons. The van der Waals surface area contributed by atoms with Gasteiger partial charge in [0, 0.05) is 30.3 Å². The van der Waals surface area contributed by atoms with E-state index in [1.165, 1.54) is 38.5 Å². The maximum absolute atomic E-state index is 13.5. The molecule has 1 aliphatic carbocycles. The summed E-state index contributed by atoms with van der Waals surface area (Å²) in [7, 11) is 4.71.